The average Bonchev–Trinajstić information content (AvgIpc) is 2.68. The van der Waals surface area contributed by atoms with Gasteiger partial charge in [0.25, 0.3) is 11.8 Å². The van der Waals surface area contributed by atoms with E-state index in [1.807, 2.05) is 41.3 Å². The second kappa shape index (κ2) is 7.95. The van der Waals surface area contributed by atoms with Crippen LogP contribution in [0.25, 0.3) is 0 Å². The molecule has 1 N–H and O–H groups in total. The average molecular weight is 364 g/mol. The van der Waals surface area contributed by atoms with Crippen LogP contribution in [-0.2, 0) is 5.41 Å². The first-order valence-corrected chi connectivity index (χ1v) is 9.66. The van der Waals surface area contributed by atoms with Crippen molar-refractivity contribution in [2.45, 2.75) is 45.4 Å². The molecule has 1 fully saturated rings. The molecule has 3 rings (SSSR count). The van der Waals surface area contributed by atoms with E-state index in [-0.39, 0.29) is 17.2 Å². The Morgan fingerprint density at radius 1 is 0.889 bits per heavy atom. The Kier molecular flexibility index (Phi) is 5.64. The van der Waals surface area contributed by atoms with Gasteiger partial charge in [-0.1, -0.05) is 45.0 Å². The number of piperidine rings is 1. The summed E-state index contributed by atoms with van der Waals surface area (Å²) in [4.78, 5) is 27.4. The SMILES string of the molecule is CC(C)(C)c1ccc(C(=O)Nc2ccccc2C(=O)N2CCCCC2)cc1. The Balaban J connectivity index is 1.77. The minimum atomic E-state index is -0.200. The smallest absolute Gasteiger partial charge is 0.255 e. The summed E-state index contributed by atoms with van der Waals surface area (Å²) in [6, 6.07) is 14.9. The third kappa shape index (κ3) is 4.57. The molecule has 142 valence electrons. The molecule has 0 aliphatic carbocycles. The van der Waals surface area contributed by atoms with Crippen LogP contribution in [0.2, 0.25) is 0 Å². The number of hydrogen-bond acceptors (Lipinski definition) is 2. The fourth-order valence-electron chi connectivity index (χ4n) is 3.36. The van der Waals surface area contributed by atoms with Gasteiger partial charge in [-0.25, -0.2) is 0 Å². The number of hydrogen-bond donors (Lipinski definition) is 1. The Labute approximate surface area is 161 Å². The molecule has 4 heteroatoms. The Hall–Kier alpha value is -2.62. The molecular weight excluding hydrogens is 336 g/mol. The van der Waals surface area contributed by atoms with Gasteiger partial charge >= 0.3 is 0 Å². The third-order valence-electron chi connectivity index (χ3n) is 5.06. The molecule has 0 saturated carbocycles. The molecule has 1 heterocycles. The van der Waals surface area contributed by atoms with Gasteiger partial charge < -0.3 is 10.2 Å². The second-order valence-electron chi connectivity index (χ2n) is 8.18. The molecule has 1 saturated heterocycles. The highest BCUT2D eigenvalue weighted by atomic mass is 16.2. The van der Waals surface area contributed by atoms with Gasteiger partial charge in [0.1, 0.15) is 0 Å². The highest BCUT2D eigenvalue weighted by molar-refractivity contribution is 6.09. The van der Waals surface area contributed by atoms with Crippen LogP contribution in [0.1, 0.15) is 66.3 Å². The van der Waals surface area contributed by atoms with E-state index in [2.05, 4.69) is 26.1 Å². The van der Waals surface area contributed by atoms with Gasteiger partial charge in [-0.2, -0.15) is 0 Å². The van der Waals surface area contributed by atoms with Crippen molar-refractivity contribution in [3.8, 4) is 0 Å². The molecule has 2 amide bonds. The van der Waals surface area contributed by atoms with E-state index >= 15 is 0 Å². The van der Waals surface area contributed by atoms with Crippen molar-refractivity contribution >= 4 is 17.5 Å². The van der Waals surface area contributed by atoms with E-state index in [1.165, 1.54) is 12.0 Å². The number of amides is 2. The summed E-state index contributed by atoms with van der Waals surface area (Å²) in [7, 11) is 0. The monoisotopic (exact) mass is 364 g/mol. The fourth-order valence-corrected chi connectivity index (χ4v) is 3.36. The van der Waals surface area contributed by atoms with Crippen molar-refractivity contribution in [1.29, 1.82) is 0 Å². The van der Waals surface area contributed by atoms with Crippen LogP contribution in [0.15, 0.2) is 48.5 Å². The van der Waals surface area contributed by atoms with E-state index in [9.17, 15) is 9.59 Å². The lowest BCUT2D eigenvalue weighted by Gasteiger charge is -2.27. The van der Waals surface area contributed by atoms with Gasteiger partial charge in [0.15, 0.2) is 0 Å². The van der Waals surface area contributed by atoms with Crippen molar-refractivity contribution in [2.75, 3.05) is 18.4 Å². The van der Waals surface area contributed by atoms with Gasteiger partial charge in [0.05, 0.1) is 11.3 Å². The van der Waals surface area contributed by atoms with Crippen LogP contribution in [0.3, 0.4) is 0 Å². The van der Waals surface area contributed by atoms with Gasteiger partial charge in [-0.3, -0.25) is 9.59 Å². The van der Waals surface area contributed by atoms with Crippen molar-refractivity contribution < 1.29 is 9.59 Å². The summed E-state index contributed by atoms with van der Waals surface area (Å²) >= 11 is 0. The summed E-state index contributed by atoms with van der Waals surface area (Å²) in [5.74, 6) is -0.206. The van der Waals surface area contributed by atoms with Crippen molar-refractivity contribution in [1.82, 2.24) is 4.90 Å². The second-order valence-corrected chi connectivity index (χ2v) is 8.18. The molecular formula is C23H28N2O2. The molecule has 0 bridgehead atoms. The van der Waals surface area contributed by atoms with Crippen LogP contribution in [-0.4, -0.2) is 29.8 Å². The normalized spacial score (nSPS) is 14.7. The van der Waals surface area contributed by atoms with Crippen LogP contribution in [0, 0.1) is 0 Å². The number of carbonyl (C=O) groups is 2. The zero-order valence-corrected chi connectivity index (χ0v) is 16.4. The van der Waals surface area contributed by atoms with Gasteiger partial charge in [-0.05, 0) is 54.5 Å². The minimum Gasteiger partial charge on any atom is -0.339 e. The highest BCUT2D eigenvalue weighted by Gasteiger charge is 2.21. The van der Waals surface area contributed by atoms with E-state index in [1.54, 1.807) is 12.1 Å². The van der Waals surface area contributed by atoms with Crippen molar-refractivity contribution in [2.24, 2.45) is 0 Å². The largest absolute Gasteiger partial charge is 0.339 e. The number of para-hydroxylation sites is 1. The molecule has 2 aromatic carbocycles. The third-order valence-corrected chi connectivity index (χ3v) is 5.06. The minimum absolute atomic E-state index is 0.00585. The van der Waals surface area contributed by atoms with Crippen LogP contribution in [0.5, 0.6) is 0 Å². The standard InChI is InChI=1S/C23H28N2O2/c1-23(2,3)18-13-11-17(12-14-18)21(26)24-20-10-6-5-9-19(20)22(27)25-15-7-4-8-16-25/h5-6,9-14H,4,7-8,15-16H2,1-3H3,(H,24,26). The highest BCUT2D eigenvalue weighted by Crippen LogP contribution is 2.24. The quantitative estimate of drug-likeness (QED) is 0.845. The predicted molar refractivity (Wildman–Crippen MR) is 109 cm³/mol. The molecule has 1 aliphatic heterocycles. The summed E-state index contributed by atoms with van der Waals surface area (Å²) in [5, 5.41) is 2.92. The first kappa shape index (κ1) is 19.2. The maximum atomic E-state index is 12.9. The first-order chi connectivity index (χ1) is 12.9. The van der Waals surface area contributed by atoms with Crippen LogP contribution >= 0.6 is 0 Å². The number of rotatable bonds is 3. The van der Waals surface area contributed by atoms with E-state index in [4.69, 9.17) is 0 Å². The molecule has 0 unspecified atom stereocenters. The topological polar surface area (TPSA) is 49.4 Å². The van der Waals surface area contributed by atoms with E-state index in [0.717, 1.165) is 25.9 Å². The van der Waals surface area contributed by atoms with Gasteiger partial charge in [0.2, 0.25) is 0 Å². The molecule has 1 aliphatic rings. The lowest BCUT2D eigenvalue weighted by Crippen LogP contribution is -2.36. The summed E-state index contributed by atoms with van der Waals surface area (Å²) < 4.78 is 0. The number of likely N-dealkylation sites (tertiary alicyclic amines) is 1. The summed E-state index contributed by atoms with van der Waals surface area (Å²) in [6.45, 7) is 8.00. The summed E-state index contributed by atoms with van der Waals surface area (Å²) in [6.07, 6.45) is 3.26. The number of anilines is 1. The van der Waals surface area contributed by atoms with E-state index in [0.29, 0.717) is 16.8 Å². The molecule has 2 aromatic rings. The van der Waals surface area contributed by atoms with Crippen LogP contribution in [0.4, 0.5) is 5.69 Å². The molecule has 0 aromatic heterocycles. The van der Waals surface area contributed by atoms with Gasteiger partial charge in [-0.15, -0.1) is 0 Å². The zero-order chi connectivity index (χ0) is 19.4. The number of nitrogens with zero attached hydrogens (tertiary/aromatic N) is 1. The van der Waals surface area contributed by atoms with Crippen molar-refractivity contribution in [3.63, 3.8) is 0 Å². The lowest BCUT2D eigenvalue weighted by atomic mass is 9.86. The number of nitrogens with one attached hydrogen (secondary N) is 1. The first-order valence-electron chi connectivity index (χ1n) is 9.66. The molecule has 0 radical (unpaired) electrons. The number of carbonyl (C=O) groups excluding carboxylic acids is 2. The van der Waals surface area contributed by atoms with Crippen molar-refractivity contribution in [3.05, 3.63) is 65.2 Å². The molecule has 4 nitrogen and oxygen atoms in total. The maximum Gasteiger partial charge on any atom is 0.255 e. The fraction of sp³-hybridized carbons (Fsp3) is 0.391. The maximum absolute atomic E-state index is 12.9. The number of benzene rings is 2. The molecule has 27 heavy (non-hydrogen) atoms. The molecule has 0 atom stereocenters. The molecule has 0 spiro atoms. The Morgan fingerprint density at radius 2 is 1.52 bits per heavy atom. The summed E-state index contributed by atoms with van der Waals surface area (Å²) in [5.41, 5.74) is 2.93. The Morgan fingerprint density at radius 3 is 2.15 bits per heavy atom. The van der Waals surface area contributed by atoms with Gasteiger partial charge in [0, 0.05) is 18.7 Å². The predicted octanol–water partition coefficient (Wildman–Crippen LogP) is 4.86. The van der Waals surface area contributed by atoms with E-state index < -0.39 is 0 Å². The Bertz CT molecular complexity index is 813. The zero-order valence-electron chi connectivity index (χ0n) is 16.4. The lowest BCUT2D eigenvalue weighted by molar-refractivity contribution is 0.0725. The van der Waals surface area contributed by atoms with Crippen LogP contribution < -0.4 is 5.32 Å².